The molecule has 108 valence electrons. The van der Waals surface area contributed by atoms with Crippen LogP contribution in [0.4, 0.5) is 0 Å². The molecule has 0 spiro atoms. The van der Waals surface area contributed by atoms with E-state index in [9.17, 15) is 0 Å². The minimum absolute atomic E-state index is 0.748. The molecular weight excluding hydrogens is 250 g/mol. The van der Waals surface area contributed by atoms with E-state index in [-0.39, 0.29) is 0 Å². The topological polar surface area (TPSA) is 12.0 Å². The molecule has 19 heavy (non-hydrogen) atoms. The van der Waals surface area contributed by atoms with E-state index < -0.39 is 0 Å². The highest BCUT2D eigenvalue weighted by Gasteiger charge is 2.21. The number of hydrogen-bond donors (Lipinski definition) is 1. The Morgan fingerprint density at radius 2 is 2.05 bits per heavy atom. The van der Waals surface area contributed by atoms with Gasteiger partial charge in [0.2, 0.25) is 0 Å². The van der Waals surface area contributed by atoms with E-state index in [0.717, 1.165) is 12.0 Å². The van der Waals surface area contributed by atoms with Crippen LogP contribution in [0.1, 0.15) is 63.9 Å². The fraction of sp³-hybridized carbons (Fsp3) is 0.765. The summed E-state index contributed by atoms with van der Waals surface area (Å²) in [5.74, 6) is 0.924. The van der Waals surface area contributed by atoms with Gasteiger partial charge in [-0.1, -0.05) is 32.6 Å². The first-order valence-electron chi connectivity index (χ1n) is 8.14. The third-order valence-electron chi connectivity index (χ3n) is 4.45. The van der Waals surface area contributed by atoms with E-state index >= 15 is 0 Å². The van der Waals surface area contributed by atoms with Crippen LogP contribution in [-0.2, 0) is 6.42 Å². The summed E-state index contributed by atoms with van der Waals surface area (Å²) >= 11 is 1.83. The molecule has 0 amide bonds. The highest BCUT2D eigenvalue weighted by atomic mass is 32.1. The predicted molar refractivity (Wildman–Crippen MR) is 85.9 cm³/mol. The van der Waals surface area contributed by atoms with Gasteiger partial charge in [0, 0.05) is 6.04 Å². The van der Waals surface area contributed by atoms with Crippen molar-refractivity contribution in [3.63, 3.8) is 0 Å². The minimum Gasteiger partial charge on any atom is -0.314 e. The van der Waals surface area contributed by atoms with Gasteiger partial charge in [-0.15, -0.1) is 0 Å². The van der Waals surface area contributed by atoms with Crippen molar-refractivity contribution in [2.75, 3.05) is 6.54 Å². The molecule has 1 unspecified atom stereocenters. The summed E-state index contributed by atoms with van der Waals surface area (Å²) in [4.78, 5) is 0. The van der Waals surface area contributed by atoms with E-state index in [1.54, 1.807) is 0 Å². The van der Waals surface area contributed by atoms with Crippen molar-refractivity contribution in [3.05, 3.63) is 22.4 Å². The van der Waals surface area contributed by atoms with E-state index in [1.165, 1.54) is 69.9 Å². The van der Waals surface area contributed by atoms with Gasteiger partial charge in [-0.05, 0) is 67.0 Å². The molecule has 1 saturated carbocycles. The lowest BCUT2D eigenvalue weighted by Crippen LogP contribution is -2.37. The fourth-order valence-electron chi connectivity index (χ4n) is 3.30. The Balaban J connectivity index is 1.85. The normalized spacial score (nSPS) is 19.2. The van der Waals surface area contributed by atoms with Gasteiger partial charge in [0.05, 0.1) is 0 Å². The van der Waals surface area contributed by atoms with Crippen molar-refractivity contribution in [2.45, 2.75) is 70.8 Å². The Bertz CT molecular complexity index is 312. The molecule has 0 bridgehead atoms. The maximum Gasteiger partial charge on any atom is 0.00984 e. The van der Waals surface area contributed by atoms with E-state index in [0.29, 0.717) is 0 Å². The number of thiophene rings is 1. The second-order valence-electron chi connectivity index (χ2n) is 5.98. The van der Waals surface area contributed by atoms with Gasteiger partial charge < -0.3 is 5.32 Å². The molecule has 1 heterocycles. The Kier molecular flexibility index (Phi) is 6.94. The molecule has 0 radical (unpaired) electrons. The summed E-state index contributed by atoms with van der Waals surface area (Å²) in [6.07, 6.45) is 12.5. The summed E-state index contributed by atoms with van der Waals surface area (Å²) in [6, 6.07) is 3.03. The van der Waals surface area contributed by atoms with Crippen molar-refractivity contribution >= 4 is 11.3 Å². The van der Waals surface area contributed by atoms with Gasteiger partial charge >= 0.3 is 0 Å². The average molecular weight is 279 g/mol. The quantitative estimate of drug-likeness (QED) is 0.691. The molecule has 0 aliphatic heterocycles. The van der Waals surface area contributed by atoms with Crippen LogP contribution in [0, 0.1) is 5.92 Å². The molecule has 1 fully saturated rings. The van der Waals surface area contributed by atoms with Gasteiger partial charge in [-0.25, -0.2) is 0 Å². The van der Waals surface area contributed by atoms with Crippen LogP contribution in [0.15, 0.2) is 16.8 Å². The maximum atomic E-state index is 3.83. The lowest BCUT2D eigenvalue weighted by molar-refractivity contribution is 0.305. The van der Waals surface area contributed by atoms with Gasteiger partial charge in [-0.3, -0.25) is 0 Å². The summed E-state index contributed by atoms with van der Waals surface area (Å²) in [6.45, 7) is 3.46. The molecule has 1 aliphatic carbocycles. The Labute approximate surface area is 122 Å². The minimum atomic E-state index is 0.748. The second-order valence-corrected chi connectivity index (χ2v) is 6.76. The van der Waals surface area contributed by atoms with Crippen molar-refractivity contribution in [2.24, 2.45) is 5.92 Å². The van der Waals surface area contributed by atoms with Crippen LogP contribution in [0.5, 0.6) is 0 Å². The Hall–Kier alpha value is -0.340. The molecule has 2 rings (SSSR count). The summed E-state index contributed by atoms with van der Waals surface area (Å²) in [5, 5.41) is 8.35. The molecule has 2 heteroatoms. The molecule has 1 nitrogen and oxygen atoms in total. The zero-order valence-corrected chi connectivity index (χ0v) is 13.2. The van der Waals surface area contributed by atoms with Crippen LogP contribution in [0.2, 0.25) is 0 Å². The smallest absolute Gasteiger partial charge is 0.00984 e. The van der Waals surface area contributed by atoms with Gasteiger partial charge in [0.25, 0.3) is 0 Å². The van der Waals surface area contributed by atoms with Crippen molar-refractivity contribution in [3.8, 4) is 0 Å². The number of rotatable bonds is 7. The van der Waals surface area contributed by atoms with Crippen LogP contribution >= 0.6 is 11.3 Å². The molecular formula is C17H29NS. The standard InChI is InChI=1S/C17H29NS/c1-2-12-18-17(10-9-15-11-13-19-14-15)16-7-5-3-4-6-8-16/h11,13-14,16-18H,2-10,12H2,1H3. The van der Waals surface area contributed by atoms with Gasteiger partial charge in [0.15, 0.2) is 0 Å². The lowest BCUT2D eigenvalue weighted by atomic mass is 9.88. The largest absolute Gasteiger partial charge is 0.314 e. The van der Waals surface area contributed by atoms with Gasteiger partial charge in [0.1, 0.15) is 0 Å². The van der Waals surface area contributed by atoms with Crippen molar-refractivity contribution in [1.82, 2.24) is 5.32 Å². The molecule has 1 aromatic heterocycles. The molecule has 1 aromatic rings. The number of nitrogens with one attached hydrogen (secondary N) is 1. The molecule has 0 saturated heterocycles. The van der Waals surface area contributed by atoms with Crippen LogP contribution in [0.25, 0.3) is 0 Å². The van der Waals surface area contributed by atoms with Crippen LogP contribution < -0.4 is 5.32 Å². The predicted octanol–water partition coefficient (Wildman–Crippen LogP) is 5.02. The fourth-order valence-corrected chi connectivity index (χ4v) is 4.01. The number of aryl methyl sites for hydroxylation is 1. The third-order valence-corrected chi connectivity index (χ3v) is 5.18. The SMILES string of the molecule is CCCNC(CCc1ccsc1)C1CCCCCC1. The Morgan fingerprint density at radius 1 is 1.26 bits per heavy atom. The monoisotopic (exact) mass is 279 g/mol. The van der Waals surface area contributed by atoms with Crippen molar-refractivity contribution < 1.29 is 0 Å². The maximum absolute atomic E-state index is 3.83. The average Bonchev–Trinajstić information content (AvgIpc) is 2.80. The number of hydrogen-bond acceptors (Lipinski definition) is 2. The van der Waals surface area contributed by atoms with Crippen LogP contribution in [0.3, 0.4) is 0 Å². The van der Waals surface area contributed by atoms with E-state index in [4.69, 9.17) is 0 Å². The van der Waals surface area contributed by atoms with Crippen LogP contribution in [-0.4, -0.2) is 12.6 Å². The van der Waals surface area contributed by atoms with E-state index in [1.807, 2.05) is 11.3 Å². The summed E-state index contributed by atoms with van der Waals surface area (Å²) < 4.78 is 0. The third kappa shape index (κ3) is 5.27. The Morgan fingerprint density at radius 3 is 2.68 bits per heavy atom. The zero-order valence-electron chi connectivity index (χ0n) is 12.4. The van der Waals surface area contributed by atoms with Crippen molar-refractivity contribution in [1.29, 1.82) is 0 Å². The molecule has 1 aliphatic rings. The first-order chi connectivity index (χ1) is 9.40. The summed E-state index contributed by atoms with van der Waals surface area (Å²) in [7, 11) is 0. The molecule has 1 atom stereocenters. The highest BCUT2D eigenvalue weighted by Crippen LogP contribution is 2.27. The molecule has 0 aromatic carbocycles. The molecule has 1 N–H and O–H groups in total. The second kappa shape index (κ2) is 8.76. The zero-order chi connectivity index (χ0) is 13.3. The van der Waals surface area contributed by atoms with Gasteiger partial charge in [-0.2, -0.15) is 11.3 Å². The first kappa shape index (κ1) is 15.1. The summed E-state index contributed by atoms with van der Waals surface area (Å²) in [5.41, 5.74) is 1.53. The first-order valence-corrected chi connectivity index (χ1v) is 9.09. The van der Waals surface area contributed by atoms with E-state index in [2.05, 4.69) is 29.1 Å². The lowest BCUT2D eigenvalue weighted by Gasteiger charge is -2.27. The highest BCUT2D eigenvalue weighted by molar-refractivity contribution is 7.07.